The van der Waals surface area contributed by atoms with Crippen molar-refractivity contribution in [1.29, 1.82) is 0 Å². The molecule has 1 aromatic heterocycles. The van der Waals surface area contributed by atoms with E-state index in [0.29, 0.717) is 0 Å². The van der Waals surface area contributed by atoms with Crippen molar-refractivity contribution >= 4 is 12.1 Å². The van der Waals surface area contributed by atoms with Gasteiger partial charge in [0.05, 0.1) is 6.20 Å². The van der Waals surface area contributed by atoms with Crippen molar-refractivity contribution in [2.45, 2.75) is 31.0 Å². The van der Waals surface area contributed by atoms with E-state index in [2.05, 4.69) is 10.4 Å². The number of H-pyrrole nitrogens is 1. The third kappa shape index (κ3) is 4.69. The number of nitrogens with one attached hydrogen (secondary N) is 2. The average molecular weight is 459 g/mol. The number of aliphatic carboxylic acids is 1. The number of alkyl carbamates (subject to hydrolysis) is 1. The van der Waals surface area contributed by atoms with E-state index in [1.807, 2.05) is 53.6 Å². The fraction of sp³-hybridized carbons (Fsp3) is 0.261. The number of aryl methyl sites for hydroxylation is 1. The Labute approximate surface area is 186 Å². The average Bonchev–Trinajstić information content (AvgIpc) is 3.38. The molecule has 3 aromatic rings. The Balaban J connectivity index is 1.39. The summed E-state index contributed by atoms with van der Waals surface area (Å²) in [5.41, 5.74) is 2.88. The van der Waals surface area contributed by atoms with E-state index in [1.165, 1.54) is 0 Å². The highest BCUT2D eigenvalue weighted by Crippen LogP contribution is 2.44. The van der Waals surface area contributed by atoms with Crippen molar-refractivity contribution in [3.8, 4) is 11.1 Å². The lowest BCUT2D eigenvalue weighted by atomic mass is 9.98. The Morgan fingerprint density at radius 2 is 1.70 bits per heavy atom. The van der Waals surface area contributed by atoms with Crippen molar-refractivity contribution in [3.05, 3.63) is 77.1 Å². The zero-order valence-corrected chi connectivity index (χ0v) is 17.2. The first kappa shape index (κ1) is 22.4. The lowest BCUT2D eigenvalue weighted by Gasteiger charge is -2.17. The van der Waals surface area contributed by atoms with Crippen LogP contribution in [0.25, 0.3) is 11.1 Å². The van der Waals surface area contributed by atoms with Gasteiger partial charge in [-0.05, 0) is 35.1 Å². The maximum atomic E-state index is 13.0. The topological polar surface area (TPSA) is 104 Å². The van der Waals surface area contributed by atoms with E-state index < -0.39 is 30.0 Å². The van der Waals surface area contributed by atoms with Gasteiger partial charge >= 0.3 is 18.2 Å². The minimum Gasteiger partial charge on any atom is -0.480 e. The van der Waals surface area contributed by atoms with Crippen LogP contribution in [0.2, 0.25) is 0 Å². The van der Waals surface area contributed by atoms with Gasteiger partial charge in [0.15, 0.2) is 0 Å². The van der Waals surface area contributed by atoms with Crippen LogP contribution in [0.5, 0.6) is 0 Å². The highest BCUT2D eigenvalue weighted by molar-refractivity contribution is 5.81. The molecule has 1 unspecified atom stereocenters. The van der Waals surface area contributed by atoms with Gasteiger partial charge in [-0.2, -0.15) is 18.3 Å². The third-order valence-corrected chi connectivity index (χ3v) is 5.64. The van der Waals surface area contributed by atoms with Gasteiger partial charge in [-0.25, -0.2) is 9.59 Å². The molecule has 0 radical (unpaired) electrons. The molecule has 0 fully saturated rings. The molecule has 0 saturated heterocycles. The number of carboxylic acid groups (broad SMARTS) is 1. The van der Waals surface area contributed by atoms with Crippen molar-refractivity contribution in [2.75, 3.05) is 6.61 Å². The predicted octanol–water partition coefficient (Wildman–Crippen LogP) is 4.35. The molecule has 10 heteroatoms. The Morgan fingerprint density at radius 3 is 2.27 bits per heavy atom. The molecule has 3 N–H and O–H groups in total. The van der Waals surface area contributed by atoms with Crippen molar-refractivity contribution in [2.24, 2.45) is 0 Å². The Bertz CT molecular complexity index is 1130. The van der Waals surface area contributed by atoms with Crippen LogP contribution >= 0.6 is 0 Å². The number of carbonyl (C=O) groups excluding carboxylic acids is 1. The molecule has 1 aliphatic rings. The maximum absolute atomic E-state index is 13.0. The summed E-state index contributed by atoms with van der Waals surface area (Å²) >= 11 is 0. The van der Waals surface area contributed by atoms with Gasteiger partial charge in [-0.1, -0.05) is 48.5 Å². The van der Waals surface area contributed by atoms with Crippen molar-refractivity contribution < 1.29 is 32.6 Å². The smallest absolute Gasteiger partial charge is 0.433 e. The number of alkyl halides is 3. The van der Waals surface area contributed by atoms with Crippen molar-refractivity contribution in [3.63, 3.8) is 0 Å². The van der Waals surface area contributed by atoms with E-state index in [0.717, 1.165) is 28.5 Å². The first-order chi connectivity index (χ1) is 15.8. The number of ether oxygens (including phenoxy) is 1. The summed E-state index contributed by atoms with van der Waals surface area (Å²) in [4.78, 5) is 23.9. The molecule has 1 aliphatic carbocycles. The predicted molar refractivity (Wildman–Crippen MR) is 112 cm³/mol. The van der Waals surface area contributed by atoms with Crippen LogP contribution in [0.4, 0.5) is 18.0 Å². The summed E-state index contributed by atoms with van der Waals surface area (Å²) in [6.07, 6.45) is -5.10. The number of carboxylic acids is 1. The van der Waals surface area contributed by atoms with E-state index in [-0.39, 0.29) is 30.9 Å². The summed E-state index contributed by atoms with van der Waals surface area (Å²) in [7, 11) is 0. The second kappa shape index (κ2) is 8.97. The van der Waals surface area contributed by atoms with Crippen LogP contribution in [0.1, 0.15) is 34.7 Å². The fourth-order valence-electron chi connectivity index (χ4n) is 4.09. The van der Waals surface area contributed by atoms with E-state index in [4.69, 9.17) is 4.74 Å². The fourth-order valence-corrected chi connectivity index (χ4v) is 4.09. The van der Waals surface area contributed by atoms with E-state index >= 15 is 0 Å². The van der Waals surface area contributed by atoms with E-state index in [1.54, 1.807) is 0 Å². The van der Waals surface area contributed by atoms with Gasteiger partial charge in [-0.15, -0.1) is 0 Å². The Kier molecular flexibility index (Phi) is 6.08. The summed E-state index contributed by atoms with van der Waals surface area (Å²) in [5.74, 6) is -1.58. The number of nitrogens with zero attached hydrogens (tertiary/aromatic N) is 1. The highest BCUT2D eigenvalue weighted by Gasteiger charge is 2.36. The van der Waals surface area contributed by atoms with Crippen LogP contribution in [-0.4, -0.2) is 40.0 Å². The molecule has 33 heavy (non-hydrogen) atoms. The van der Waals surface area contributed by atoms with Crippen LogP contribution < -0.4 is 5.32 Å². The summed E-state index contributed by atoms with van der Waals surface area (Å²) in [6, 6.07) is 14.1. The first-order valence-corrected chi connectivity index (χ1v) is 10.2. The highest BCUT2D eigenvalue weighted by atomic mass is 19.4. The van der Waals surface area contributed by atoms with Gasteiger partial charge in [0.25, 0.3) is 0 Å². The largest absolute Gasteiger partial charge is 0.480 e. The van der Waals surface area contributed by atoms with Gasteiger partial charge in [-0.3, -0.25) is 5.10 Å². The SMILES string of the molecule is O=C(NC(CCc1cn[nH]c1C(F)(F)F)C(=O)O)OCC1c2ccccc2-c2ccccc21. The molecule has 2 aromatic carbocycles. The number of carbonyl (C=O) groups is 2. The lowest BCUT2D eigenvalue weighted by molar-refractivity contribution is -0.141. The number of hydrogen-bond donors (Lipinski definition) is 3. The second-order valence-electron chi connectivity index (χ2n) is 7.67. The molecular weight excluding hydrogens is 439 g/mol. The minimum absolute atomic E-state index is 0.00779. The number of hydrogen-bond acceptors (Lipinski definition) is 4. The zero-order valence-electron chi connectivity index (χ0n) is 17.2. The van der Waals surface area contributed by atoms with Crippen LogP contribution in [-0.2, 0) is 22.1 Å². The van der Waals surface area contributed by atoms with Gasteiger partial charge in [0.2, 0.25) is 0 Å². The second-order valence-corrected chi connectivity index (χ2v) is 7.67. The number of benzene rings is 2. The maximum Gasteiger partial charge on any atom is 0.433 e. The molecule has 172 valence electrons. The number of halogens is 3. The third-order valence-electron chi connectivity index (χ3n) is 5.64. The zero-order chi connectivity index (χ0) is 23.6. The minimum atomic E-state index is -4.63. The molecule has 7 nitrogen and oxygen atoms in total. The first-order valence-electron chi connectivity index (χ1n) is 10.2. The molecule has 0 bridgehead atoms. The standard InChI is InChI=1S/C23H20F3N3O4/c24-23(25,26)20-13(11-27-29-20)9-10-19(21(30)31)28-22(32)33-12-18-16-7-3-1-5-14(16)15-6-2-4-8-17(15)18/h1-8,11,18-19H,9-10,12H2,(H,27,29)(H,28,32)(H,30,31). The van der Waals surface area contributed by atoms with E-state index in [9.17, 15) is 27.9 Å². The van der Waals surface area contributed by atoms with Gasteiger partial charge in [0.1, 0.15) is 18.3 Å². The van der Waals surface area contributed by atoms with Crippen molar-refractivity contribution in [1.82, 2.24) is 15.5 Å². The molecule has 0 spiro atoms. The molecular formula is C23H20F3N3O4. The van der Waals surface area contributed by atoms with Crippen LogP contribution in [0.3, 0.4) is 0 Å². The number of aromatic nitrogens is 2. The number of fused-ring (bicyclic) bond motifs is 3. The molecule has 0 aliphatic heterocycles. The lowest BCUT2D eigenvalue weighted by Crippen LogP contribution is -2.41. The van der Waals surface area contributed by atoms with Gasteiger partial charge < -0.3 is 15.2 Å². The normalized spacial score (nSPS) is 13.8. The van der Waals surface area contributed by atoms with Gasteiger partial charge in [0, 0.05) is 11.5 Å². The molecule has 1 atom stereocenters. The van der Waals surface area contributed by atoms with Crippen LogP contribution in [0.15, 0.2) is 54.7 Å². The quantitative estimate of drug-likeness (QED) is 0.487. The van der Waals surface area contributed by atoms with Crippen LogP contribution in [0, 0.1) is 0 Å². The number of aromatic amines is 1. The monoisotopic (exact) mass is 459 g/mol. The summed E-state index contributed by atoms with van der Waals surface area (Å²) < 4.78 is 44.2. The Hall–Kier alpha value is -3.82. The molecule has 1 heterocycles. The molecule has 0 saturated carbocycles. The number of rotatable bonds is 7. The Morgan fingerprint density at radius 1 is 1.09 bits per heavy atom. The number of amides is 1. The molecule has 4 rings (SSSR count). The summed E-state index contributed by atoms with van der Waals surface area (Å²) in [6.45, 7) is -0.00779. The molecule has 1 amide bonds. The summed E-state index contributed by atoms with van der Waals surface area (Å²) in [5, 5.41) is 16.9.